The second kappa shape index (κ2) is 10.2. The fourth-order valence-electron chi connectivity index (χ4n) is 4.62. The number of ether oxygens (including phenoxy) is 1. The predicted octanol–water partition coefficient (Wildman–Crippen LogP) is 5.75. The van der Waals surface area contributed by atoms with Crippen molar-refractivity contribution in [2.45, 2.75) is 6.92 Å². The van der Waals surface area contributed by atoms with E-state index >= 15 is 4.39 Å². The van der Waals surface area contributed by atoms with E-state index in [1.807, 2.05) is 12.1 Å². The molecule has 0 fully saturated rings. The fraction of sp³-hybridized carbons (Fsp3) is 0.0667. The summed E-state index contributed by atoms with van der Waals surface area (Å²) in [5, 5.41) is 10.3. The maximum Gasteiger partial charge on any atom is 0.284 e. The molecule has 0 unspecified atom stereocenters. The van der Waals surface area contributed by atoms with Crippen molar-refractivity contribution in [3.8, 4) is 28.3 Å². The molecule has 3 aromatic heterocycles. The molecule has 0 atom stereocenters. The minimum Gasteiger partial charge on any atom is -0.454 e. The lowest BCUT2D eigenvalue weighted by molar-refractivity contribution is 0.102. The third-order valence-electron chi connectivity index (χ3n) is 6.77. The lowest BCUT2D eigenvalue weighted by Gasteiger charge is -2.13. The number of carbonyl (C=O) groups is 1. The minimum atomic E-state index is -0.722. The molecule has 6 aromatic rings. The number of benzene rings is 3. The maximum atomic E-state index is 15.2. The minimum absolute atomic E-state index is 0.0643. The molecule has 2 N–H and O–H groups in total. The lowest BCUT2D eigenvalue weighted by atomic mass is 10.0. The van der Waals surface area contributed by atoms with Gasteiger partial charge in [0.15, 0.2) is 11.6 Å². The number of halogens is 2. The molecule has 6 rings (SSSR count). The number of anilines is 1. The van der Waals surface area contributed by atoms with E-state index in [4.69, 9.17) is 4.74 Å². The highest BCUT2D eigenvalue weighted by atomic mass is 19.1. The van der Waals surface area contributed by atoms with Crippen LogP contribution < -0.4 is 15.6 Å². The van der Waals surface area contributed by atoms with Crippen LogP contribution in [0.5, 0.6) is 11.5 Å². The van der Waals surface area contributed by atoms with Gasteiger partial charge < -0.3 is 10.1 Å². The van der Waals surface area contributed by atoms with Crippen LogP contribution in [0.3, 0.4) is 0 Å². The van der Waals surface area contributed by atoms with E-state index in [1.54, 1.807) is 44.7 Å². The maximum absolute atomic E-state index is 15.2. The molecule has 3 aromatic carbocycles. The zero-order valence-electron chi connectivity index (χ0n) is 21.9. The van der Waals surface area contributed by atoms with E-state index in [9.17, 15) is 14.0 Å². The molecule has 204 valence electrons. The van der Waals surface area contributed by atoms with Gasteiger partial charge in [0.25, 0.3) is 11.5 Å². The summed E-state index contributed by atoms with van der Waals surface area (Å²) in [6.45, 7) is 1.62. The highest BCUT2D eigenvalue weighted by Crippen LogP contribution is 2.37. The number of aromatic nitrogens is 5. The number of fused-ring (bicyclic) bond motifs is 1. The van der Waals surface area contributed by atoms with Crippen molar-refractivity contribution in [3.05, 3.63) is 119 Å². The molecule has 0 radical (unpaired) electrons. The number of nitrogens with zero attached hydrogens (tertiary/aromatic N) is 4. The molecule has 3 heterocycles. The third kappa shape index (κ3) is 4.73. The van der Waals surface area contributed by atoms with E-state index < -0.39 is 23.1 Å². The van der Waals surface area contributed by atoms with Crippen LogP contribution in [0.25, 0.3) is 27.7 Å². The molecule has 9 nitrogen and oxygen atoms in total. The molecule has 0 aliphatic carbocycles. The van der Waals surface area contributed by atoms with Gasteiger partial charge in [-0.3, -0.25) is 24.4 Å². The van der Waals surface area contributed by atoms with Crippen molar-refractivity contribution >= 4 is 22.5 Å². The van der Waals surface area contributed by atoms with Crippen LogP contribution in [0.1, 0.15) is 16.1 Å². The number of amides is 1. The zero-order valence-corrected chi connectivity index (χ0v) is 21.9. The van der Waals surface area contributed by atoms with Crippen LogP contribution in [-0.2, 0) is 7.05 Å². The second-order valence-corrected chi connectivity index (χ2v) is 9.33. The molecular weight excluding hydrogens is 530 g/mol. The van der Waals surface area contributed by atoms with Crippen molar-refractivity contribution in [1.29, 1.82) is 0 Å². The van der Waals surface area contributed by atoms with E-state index in [-0.39, 0.29) is 17.0 Å². The molecule has 0 bridgehead atoms. The van der Waals surface area contributed by atoms with Crippen LogP contribution >= 0.6 is 0 Å². The number of nitrogens with one attached hydrogen (secondary N) is 2. The number of carbonyl (C=O) groups excluding carboxylic acids is 1. The first-order chi connectivity index (χ1) is 19.8. The number of H-pyrrole nitrogens is 1. The monoisotopic (exact) mass is 552 g/mol. The van der Waals surface area contributed by atoms with Gasteiger partial charge in [0.05, 0.1) is 23.1 Å². The average Bonchev–Trinajstić information content (AvgIpc) is 3.51. The Balaban J connectivity index is 1.28. The van der Waals surface area contributed by atoms with Gasteiger partial charge in [-0.15, -0.1) is 0 Å². The number of hydrogen-bond donors (Lipinski definition) is 2. The molecule has 0 aliphatic heterocycles. The predicted molar refractivity (Wildman–Crippen MR) is 149 cm³/mol. The van der Waals surface area contributed by atoms with E-state index in [2.05, 4.69) is 20.5 Å². The van der Waals surface area contributed by atoms with Crippen LogP contribution in [0.15, 0.2) is 90.1 Å². The summed E-state index contributed by atoms with van der Waals surface area (Å²) in [7, 11) is 1.61. The van der Waals surface area contributed by atoms with Gasteiger partial charge in [-0.05, 0) is 61.5 Å². The molecule has 0 saturated heterocycles. The number of aromatic amines is 1. The molecule has 1 amide bonds. The van der Waals surface area contributed by atoms with Gasteiger partial charge >= 0.3 is 0 Å². The van der Waals surface area contributed by atoms with E-state index in [0.29, 0.717) is 22.7 Å². The second-order valence-electron chi connectivity index (χ2n) is 9.33. The van der Waals surface area contributed by atoms with Gasteiger partial charge in [-0.2, -0.15) is 5.10 Å². The summed E-state index contributed by atoms with van der Waals surface area (Å²) in [6.07, 6.45) is 4.97. The van der Waals surface area contributed by atoms with Crippen molar-refractivity contribution in [1.82, 2.24) is 24.5 Å². The van der Waals surface area contributed by atoms with Gasteiger partial charge in [0.1, 0.15) is 17.1 Å². The molecule has 11 heteroatoms. The molecule has 41 heavy (non-hydrogen) atoms. The summed E-state index contributed by atoms with van der Waals surface area (Å²) in [5.41, 5.74) is 2.44. The van der Waals surface area contributed by atoms with Crippen LogP contribution in [0.2, 0.25) is 0 Å². The summed E-state index contributed by atoms with van der Waals surface area (Å²) in [6, 6.07) is 16.6. The zero-order chi connectivity index (χ0) is 28.7. The Morgan fingerprint density at radius 1 is 1.00 bits per heavy atom. The highest BCUT2D eigenvalue weighted by molar-refractivity contribution is 6.05. The van der Waals surface area contributed by atoms with Crippen molar-refractivity contribution in [2.24, 2.45) is 7.05 Å². The summed E-state index contributed by atoms with van der Waals surface area (Å²) in [5.74, 6) is -1.55. The van der Waals surface area contributed by atoms with Crippen molar-refractivity contribution < 1.29 is 18.3 Å². The Labute approximate surface area is 231 Å². The van der Waals surface area contributed by atoms with E-state index in [0.717, 1.165) is 22.5 Å². The molecular formula is C30H22F2N6O3. The molecule has 0 spiro atoms. The van der Waals surface area contributed by atoms with Crippen LogP contribution in [0.4, 0.5) is 14.5 Å². The SMILES string of the molecule is Cc1c(C(=O)Nc2ccc(Oc3cc4cn[nH]c4cc3-c3cccnc3)c(F)c2)c(=O)n(-c2ccc(F)cc2)n1C. The lowest BCUT2D eigenvalue weighted by Crippen LogP contribution is -2.25. The smallest absolute Gasteiger partial charge is 0.284 e. The first kappa shape index (κ1) is 25.7. The molecule has 0 aliphatic rings. The summed E-state index contributed by atoms with van der Waals surface area (Å²) < 4.78 is 37.4. The summed E-state index contributed by atoms with van der Waals surface area (Å²) >= 11 is 0. The third-order valence-corrected chi connectivity index (χ3v) is 6.77. The van der Waals surface area contributed by atoms with Gasteiger partial charge in [-0.1, -0.05) is 6.07 Å². The Kier molecular flexibility index (Phi) is 6.38. The van der Waals surface area contributed by atoms with E-state index in [1.165, 1.54) is 45.8 Å². The Morgan fingerprint density at radius 3 is 2.54 bits per heavy atom. The normalized spacial score (nSPS) is 11.1. The first-order valence-corrected chi connectivity index (χ1v) is 12.5. The Hall–Kier alpha value is -5.58. The molecule has 0 saturated carbocycles. The van der Waals surface area contributed by atoms with Gasteiger partial charge in [0, 0.05) is 47.7 Å². The Morgan fingerprint density at radius 2 is 1.80 bits per heavy atom. The van der Waals surface area contributed by atoms with Crippen molar-refractivity contribution in [2.75, 3.05) is 5.32 Å². The number of hydrogen-bond acceptors (Lipinski definition) is 5. The van der Waals surface area contributed by atoms with Crippen molar-refractivity contribution in [3.63, 3.8) is 0 Å². The number of rotatable bonds is 6. The summed E-state index contributed by atoms with van der Waals surface area (Å²) in [4.78, 5) is 30.4. The van der Waals surface area contributed by atoms with Gasteiger partial charge in [0.2, 0.25) is 0 Å². The number of pyridine rings is 1. The topological polar surface area (TPSA) is 107 Å². The van der Waals surface area contributed by atoms with Crippen LogP contribution in [0, 0.1) is 18.6 Å². The van der Waals surface area contributed by atoms with Crippen LogP contribution in [-0.4, -0.2) is 30.5 Å². The Bertz CT molecular complexity index is 1980. The standard InChI is InChI=1S/C30H22F2N6O3/c1-17-28(30(40)38(37(17)2)22-8-5-20(31)6-9-22)29(39)35-21-7-10-26(24(32)13-21)41-27-12-19-16-34-36-25(19)14-23(27)18-4-3-11-33-15-18/h3-16H,1-2H3,(H,34,36)(H,35,39). The first-order valence-electron chi connectivity index (χ1n) is 12.5. The van der Waals surface area contributed by atoms with Gasteiger partial charge in [-0.25, -0.2) is 13.5 Å². The largest absolute Gasteiger partial charge is 0.454 e. The fourth-order valence-corrected chi connectivity index (χ4v) is 4.62. The average molecular weight is 553 g/mol. The highest BCUT2D eigenvalue weighted by Gasteiger charge is 2.23. The quantitative estimate of drug-likeness (QED) is 0.274.